The highest BCUT2D eigenvalue weighted by Gasteiger charge is 2.42. The van der Waals surface area contributed by atoms with Crippen LogP contribution < -0.4 is 0 Å². The lowest BCUT2D eigenvalue weighted by Gasteiger charge is -2.19. The number of rotatable bonds is 3. The van der Waals surface area contributed by atoms with Gasteiger partial charge in [0.05, 0.1) is 0 Å². The lowest BCUT2D eigenvalue weighted by molar-refractivity contribution is -0.117. The molecule has 1 rings (SSSR count). The Morgan fingerprint density at radius 1 is 1.36 bits per heavy atom. The molecule has 5 heteroatoms. The van der Waals surface area contributed by atoms with Crippen molar-refractivity contribution < 1.29 is 13.6 Å². The van der Waals surface area contributed by atoms with Crippen molar-refractivity contribution >= 4 is 29.5 Å². The van der Waals surface area contributed by atoms with E-state index in [1.54, 1.807) is 6.07 Å². The summed E-state index contributed by atoms with van der Waals surface area (Å²) in [6.45, 7) is 0. The number of carbonyl (C=O) groups excluding carboxylic acids is 1. The van der Waals surface area contributed by atoms with E-state index in [1.165, 1.54) is 24.3 Å². The van der Waals surface area contributed by atoms with Gasteiger partial charge in [0.1, 0.15) is 5.25 Å². The van der Waals surface area contributed by atoms with Crippen LogP contribution in [0.4, 0.5) is 8.78 Å². The van der Waals surface area contributed by atoms with Gasteiger partial charge in [-0.15, -0.1) is 0 Å². The topological polar surface area (TPSA) is 17.1 Å². The molecule has 0 radical (unpaired) electrons. The Kier molecular flexibility index (Phi) is 3.50. The fourth-order valence-corrected chi connectivity index (χ4v) is 1.25. The molecule has 1 atom stereocenters. The Labute approximate surface area is 90.5 Å². The van der Waals surface area contributed by atoms with Crippen molar-refractivity contribution in [1.82, 2.24) is 0 Å². The molecule has 0 aromatic heterocycles. The Bertz CT molecular complexity index is 329. The van der Waals surface area contributed by atoms with Gasteiger partial charge in [0.15, 0.2) is 0 Å². The summed E-state index contributed by atoms with van der Waals surface area (Å²) in [4.78, 5) is 10.6. The predicted octanol–water partition coefficient (Wildman–Crippen LogP) is 2.84. The van der Waals surface area contributed by atoms with Crippen LogP contribution in [0.1, 0.15) is 5.56 Å². The maximum Gasteiger partial charge on any atom is 0.292 e. The second-order valence-electron chi connectivity index (χ2n) is 2.70. The fraction of sp³-hybridized carbons (Fsp3) is 0.222. The molecule has 0 saturated heterocycles. The van der Waals surface area contributed by atoms with Gasteiger partial charge in [-0.1, -0.05) is 30.3 Å². The van der Waals surface area contributed by atoms with Crippen molar-refractivity contribution in [2.75, 3.05) is 0 Å². The van der Waals surface area contributed by atoms with Crippen LogP contribution >= 0.6 is 24.2 Å². The molecule has 76 valence electrons. The molecule has 0 fully saturated rings. The molecule has 1 unspecified atom stereocenters. The van der Waals surface area contributed by atoms with Crippen molar-refractivity contribution in [3.05, 3.63) is 35.9 Å². The Hall–Kier alpha value is -0.610. The van der Waals surface area contributed by atoms with E-state index in [-0.39, 0.29) is 5.56 Å². The molecule has 0 spiro atoms. The van der Waals surface area contributed by atoms with Crippen LogP contribution in [0.15, 0.2) is 30.3 Å². The quantitative estimate of drug-likeness (QED) is 0.631. The third kappa shape index (κ3) is 2.25. The molecule has 1 aromatic carbocycles. The number of thiol groups is 1. The van der Waals surface area contributed by atoms with Crippen LogP contribution in [-0.4, -0.2) is 10.5 Å². The summed E-state index contributed by atoms with van der Waals surface area (Å²) in [5.74, 6) is -3.34. The van der Waals surface area contributed by atoms with Crippen molar-refractivity contribution in [1.29, 1.82) is 0 Å². The van der Waals surface area contributed by atoms with Crippen molar-refractivity contribution in [2.24, 2.45) is 0 Å². The van der Waals surface area contributed by atoms with Crippen LogP contribution in [-0.2, 0) is 10.7 Å². The molecule has 0 saturated carbocycles. The van der Waals surface area contributed by atoms with Crippen LogP contribution in [0.2, 0.25) is 0 Å². The fourth-order valence-electron chi connectivity index (χ4n) is 0.961. The maximum absolute atomic E-state index is 13.4. The lowest BCUT2D eigenvalue weighted by atomic mass is 10.1. The van der Waals surface area contributed by atoms with Gasteiger partial charge in [-0.25, -0.2) is 0 Å². The first-order chi connectivity index (χ1) is 6.46. The van der Waals surface area contributed by atoms with Gasteiger partial charge in [-0.2, -0.15) is 21.4 Å². The first-order valence-electron chi connectivity index (χ1n) is 3.77. The zero-order chi connectivity index (χ0) is 10.8. The van der Waals surface area contributed by atoms with Crippen molar-refractivity contribution in [3.63, 3.8) is 0 Å². The minimum Gasteiger partial charge on any atom is -0.280 e. The molecule has 0 aliphatic rings. The maximum atomic E-state index is 13.4. The van der Waals surface area contributed by atoms with E-state index in [2.05, 4.69) is 12.6 Å². The molecule has 0 aliphatic carbocycles. The largest absolute Gasteiger partial charge is 0.292 e. The molecular formula is C9H7ClF2OS. The van der Waals surface area contributed by atoms with Gasteiger partial charge in [-0.05, 0) is 11.6 Å². The number of alkyl halides is 2. The zero-order valence-electron chi connectivity index (χ0n) is 6.95. The number of benzene rings is 1. The highest BCUT2D eigenvalue weighted by atomic mass is 35.5. The van der Waals surface area contributed by atoms with E-state index in [4.69, 9.17) is 11.6 Å². The third-order valence-corrected chi connectivity index (χ3v) is 2.65. The minimum absolute atomic E-state index is 0.269. The van der Waals surface area contributed by atoms with Gasteiger partial charge in [-0.3, -0.25) is 4.79 Å². The van der Waals surface area contributed by atoms with E-state index in [9.17, 15) is 13.6 Å². The Balaban J connectivity index is 3.02. The summed E-state index contributed by atoms with van der Waals surface area (Å²) < 4.78 is 26.8. The van der Waals surface area contributed by atoms with Crippen molar-refractivity contribution in [3.8, 4) is 0 Å². The summed E-state index contributed by atoms with van der Waals surface area (Å²) in [7, 11) is 0. The summed E-state index contributed by atoms with van der Waals surface area (Å²) in [5.41, 5.74) is -0.269. The average Bonchev–Trinajstić information content (AvgIpc) is 2.18. The van der Waals surface area contributed by atoms with Gasteiger partial charge in [0, 0.05) is 5.56 Å². The normalized spacial score (nSPS) is 13.7. The van der Waals surface area contributed by atoms with Crippen molar-refractivity contribution in [2.45, 2.75) is 11.2 Å². The van der Waals surface area contributed by atoms with E-state index in [0.717, 1.165) is 0 Å². The summed E-state index contributed by atoms with van der Waals surface area (Å²) in [6.07, 6.45) is 0. The smallest absolute Gasteiger partial charge is 0.280 e. The van der Waals surface area contributed by atoms with Crippen LogP contribution in [0, 0.1) is 0 Å². The summed E-state index contributed by atoms with van der Waals surface area (Å²) >= 11 is 8.45. The number of hydrogen-bond acceptors (Lipinski definition) is 2. The third-order valence-electron chi connectivity index (χ3n) is 1.72. The minimum atomic E-state index is -3.34. The lowest BCUT2D eigenvalue weighted by Crippen LogP contribution is -2.31. The SMILES string of the molecule is O=C(Cl)C(S)C(F)(F)c1ccccc1. The van der Waals surface area contributed by atoms with E-state index < -0.39 is 16.4 Å². The standard InChI is InChI=1S/C9H7ClF2OS/c10-8(13)7(14)9(11,12)6-4-2-1-3-5-6/h1-5,7,14H. The monoisotopic (exact) mass is 236 g/mol. The second kappa shape index (κ2) is 4.28. The van der Waals surface area contributed by atoms with Crippen LogP contribution in [0.3, 0.4) is 0 Å². The van der Waals surface area contributed by atoms with Gasteiger partial charge < -0.3 is 0 Å². The van der Waals surface area contributed by atoms with E-state index in [0.29, 0.717) is 0 Å². The Morgan fingerprint density at radius 3 is 2.29 bits per heavy atom. The molecular weight excluding hydrogens is 230 g/mol. The van der Waals surface area contributed by atoms with Crippen LogP contribution in [0.25, 0.3) is 0 Å². The highest BCUT2D eigenvalue weighted by Crippen LogP contribution is 2.35. The second-order valence-corrected chi connectivity index (χ2v) is 3.58. The Morgan fingerprint density at radius 2 is 1.86 bits per heavy atom. The molecule has 1 aromatic rings. The molecule has 1 nitrogen and oxygen atoms in total. The first kappa shape index (κ1) is 11.5. The average molecular weight is 237 g/mol. The molecule has 0 aliphatic heterocycles. The van der Waals surface area contributed by atoms with E-state index in [1.807, 2.05) is 0 Å². The molecule has 0 bridgehead atoms. The highest BCUT2D eigenvalue weighted by molar-refractivity contribution is 7.82. The molecule has 0 amide bonds. The van der Waals surface area contributed by atoms with Gasteiger partial charge in [0.2, 0.25) is 5.24 Å². The number of hydrogen-bond donors (Lipinski definition) is 1. The molecule has 14 heavy (non-hydrogen) atoms. The predicted molar refractivity (Wildman–Crippen MR) is 54.0 cm³/mol. The zero-order valence-corrected chi connectivity index (χ0v) is 8.60. The number of carbonyl (C=O) groups is 1. The molecule has 0 heterocycles. The van der Waals surface area contributed by atoms with Crippen LogP contribution in [0.5, 0.6) is 0 Å². The summed E-state index contributed by atoms with van der Waals surface area (Å²) in [5, 5.41) is -2.98. The molecule has 0 N–H and O–H groups in total. The number of halogens is 3. The van der Waals surface area contributed by atoms with Gasteiger partial charge in [0.25, 0.3) is 5.92 Å². The van der Waals surface area contributed by atoms with E-state index >= 15 is 0 Å². The van der Waals surface area contributed by atoms with Gasteiger partial charge >= 0.3 is 0 Å². The summed E-state index contributed by atoms with van der Waals surface area (Å²) in [6, 6.07) is 6.98. The first-order valence-corrected chi connectivity index (χ1v) is 4.66.